The van der Waals surface area contributed by atoms with E-state index in [0.717, 1.165) is 12.8 Å². The van der Waals surface area contributed by atoms with Gasteiger partial charge in [-0.05, 0) is 62.1 Å². The van der Waals surface area contributed by atoms with Crippen LogP contribution in [0, 0.1) is 0 Å². The molecule has 50 heavy (non-hydrogen) atoms. The Bertz CT molecular complexity index is 1890. The Morgan fingerprint density at radius 1 is 0.480 bits per heavy atom. The number of alkyl carbamates (subject to hydrolysis) is 2. The Labute approximate surface area is 289 Å². The predicted molar refractivity (Wildman–Crippen MR) is 184 cm³/mol. The Balaban J connectivity index is 0.870. The molecule has 2 aliphatic rings. The second-order valence-electron chi connectivity index (χ2n) is 12.4. The molecule has 2 aliphatic carbocycles. The van der Waals surface area contributed by atoms with Gasteiger partial charge >= 0.3 is 12.2 Å². The standard InChI is InChI=1S/C40H36N2O8/c1-23(25-15-17-31-33(21-25)37(45)29-13-7-5-11-27(29)35(31)43)49-39(47)41-19-9-3-4-10-20-42-40(48)50-24(2)26-16-18-32-34(22-26)38(46)30-14-8-6-12-28(30)36(32)44/h5-8,11-18,21-24H,3-4,9-10,19-20H2,1-2H3,(H,41,47)(H,42,48). The summed E-state index contributed by atoms with van der Waals surface area (Å²) in [6.07, 6.45) is 0.624. The lowest BCUT2D eigenvalue weighted by atomic mass is 9.83. The minimum atomic E-state index is -0.634. The van der Waals surface area contributed by atoms with Crippen molar-refractivity contribution in [2.45, 2.75) is 51.7 Å². The van der Waals surface area contributed by atoms with Crippen LogP contribution in [0.2, 0.25) is 0 Å². The summed E-state index contributed by atoms with van der Waals surface area (Å²) < 4.78 is 11.0. The summed E-state index contributed by atoms with van der Waals surface area (Å²) in [5.74, 6) is -0.866. The Hall–Kier alpha value is -5.90. The van der Waals surface area contributed by atoms with Crippen molar-refractivity contribution in [1.82, 2.24) is 10.6 Å². The van der Waals surface area contributed by atoms with Crippen LogP contribution in [0.1, 0.15) is 127 Å². The van der Waals surface area contributed by atoms with Gasteiger partial charge in [-0.1, -0.05) is 73.5 Å². The van der Waals surface area contributed by atoms with Crippen molar-refractivity contribution in [3.63, 3.8) is 0 Å². The molecule has 2 unspecified atom stereocenters. The summed E-state index contributed by atoms with van der Waals surface area (Å²) in [6.45, 7) is 4.23. The first-order valence-electron chi connectivity index (χ1n) is 16.7. The third kappa shape index (κ3) is 6.96. The number of benzene rings is 4. The first-order valence-corrected chi connectivity index (χ1v) is 16.7. The quantitative estimate of drug-likeness (QED) is 0.139. The van der Waals surface area contributed by atoms with Gasteiger partial charge in [0.1, 0.15) is 12.2 Å². The number of hydrogen-bond acceptors (Lipinski definition) is 8. The topological polar surface area (TPSA) is 145 Å². The molecule has 0 heterocycles. The van der Waals surface area contributed by atoms with Crippen molar-refractivity contribution in [3.05, 3.63) is 141 Å². The lowest BCUT2D eigenvalue weighted by Crippen LogP contribution is -2.27. The number of hydrogen-bond donors (Lipinski definition) is 2. The summed E-state index contributed by atoms with van der Waals surface area (Å²) in [6, 6.07) is 23.3. The lowest BCUT2D eigenvalue weighted by molar-refractivity contribution is 0.0976. The zero-order chi connectivity index (χ0) is 35.4. The zero-order valence-electron chi connectivity index (χ0n) is 27.7. The van der Waals surface area contributed by atoms with Crippen LogP contribution in [0.25, 0.3) is 0 Å². The Kier molecular flexibility index (Phi) is 9.99. The van der Waals surface area contributed by atoms with Crippen LogP contribution in [0.15, 0.2) is 84.9 Å². The highest BCUT2D eigenvalue weighted by molar-refractivity contribution is 6.29. The molecule has 2 amide bonds. The summed E-state index contributed by atoms with van der Waals surface area (Å²) in [4.78, 5) is 76.5. The van der Waals surface area contributed by atoms with Crippen LogP contribution in [-0.4, -0.2) is 48.4 Å². The summed E-state index contributed by atoms with van der Waals surface area (Å²) in [5.41, 5.74) is 4.02. The van der Waals surface area contributed by atoms with Crippen LogP contribution in [-0.2, 0) is 9.47 Å². The van der Waals surface area contributed by atoms with Crippen molar-refractivity contribution in [1.29, 1.82) is 0 Å². The number of unbranched alkanes of at least 4 members (excludes halogenated alkanes) is 3. The minimum Gasteiger partial charge on any atom is -0.442 e. The second kappa shape index (κ2) is 14.7. The summed E-state index contributed by atoms with van der Waals surface area (Å²) >= 11 is 0. The smallest absolute Gasteiger partial charge is 0.407 e. The molecule has 0 saturated carbocycles. The van der Waals surface area contributed by atoms with E-state index in [-0.39, 0.29) is 23.1 Å². The first-order chi connectivity index (χ1) is 24.1. The van der Waals surface area contributed by atoms with Gasteiger partial charge in [0.2, 0.25) is 0 Å². The first kappa shape index (κ1) is 34.0. The fourth-order valence-electron chi connectivity index (χ4n) is 6.26. The fraction of sp³-hybridized carbons (Fsp3) is 0.250. The Morgan fingerprint density at radius 2 is 0.800 bits per heavy atom. The fourth-order valence-corrected chi connectivity index (χ4v) is 6.26. The van der Waals surface area contributed by atoms with E-state index in [0.29, 0.717) is 81.6 Å². The number of ketones is 4. The van der Waals surface area contributed by atoms with E-state index >= 15 is 0 Å². The zero-order valence-corrected chi connectivity index (χ0v) is 27.7. The molecule has 10 nitrogen and oxygen atoms in total. The predicted octanol–water partition coefficient (Wildman–Crippen LogP) is 7.07. The molecular formula is C40H36N2O8. The maximum absolute atomic E-state index is 13.0. The molecular weight excluding hydrogens is 636 g/mol. The van der Waals surface area contributed by atoms with E-state index in [4.69, 9.17) is 9.47 Å². The highest BCUT2D eigenvalue weighted by atomic mass is 16.6. The molecule has 4 aromatic carbocycles. The van der Waals surface area contributed by atoms with Crippen LogP contribution >= 0.6 is 0 Å². The number of carbonyl (C=O) groups excluding carboxylic acids is 6. The highest BCUT2D eigenvalue weighted by Crippen LogP contribution is 2.31. The molecule has 4 aromatic rings. The number of fused-ring (bicyclic) bond motifs is 4. The number of ether oxygens (including phenoxy) is 2. The highest BCUT2D eigenvalue weighted by Gasteiger charge is 2.31. The van der Waals surface area contributed by atoms with Gasteiger partial charge in [-0.15, -0.1) is 0 Å². The molecule has 2 atom stereocenters. The molecule has 0 radical (unpaired) electrons. The van der Waals surface area contributed by atoms with E-state index in [1.807, 2.05) is 0 Å². The van der Waals surface area contributed by atoms with E-state index in [9.17, 15) is 28.8 Å². The molecule has 10 heteroatoms. The Morgan fingerprint density at radius 3 is 1.16 bits per heavy atom. The molecule has 0 spiro atoms. The molecule has 0 aromatic heterocycles. The molecule has 0 aliphatic heterocycles. The van der Waals surface area contributed by atoms with Gasteiger partial charge in [0.15, 0.2) is 23.1 Å². The van der Waals surface area contributed by atoms with Crippen LogP contribution in [0.5, 0.6) is 0 Å². The maximum atomic E-state index is 13.0. The molecule has 6 rings (SSSR count). The van der Waals surface area contributed by atoms with Crippen LogP contribution < -0.4 is 10.6 Å². The average Bonchev–Trinajstić information content (AvgIpc) is 3.13. The van der Waals surface area contributed by atoms with Gasteiger partial charge in [0.05, 0.1) is 0 Å². The third-order valence-electron chi connectivity index (χ3n) is 9.05. The molecule has 254 valence electrons. The van der Waals surface area contributed by atoms with Crippen molar-refractivity contribution in [3.8, 4) is 0 Å². The summed E-state index contributed by atoms with van der Waals surface area (Å²) in [7, 11) is 0. The van der Waals surface area contributed by atoms with Gasteiger partial charge in [-0.25, -0.2) is 9.59 Å². The number of rotatable bonds is 11. The van der Waals surface area contributed by atoms with Crippen LogP contribution in [0.4, 0.5) is 9.59 Å². The largest absolute Gasteiger partial charge is 0.442 e. The normalized spacial score (nSPS) is 14.0. The maximum Gasteiger partial charge on any atom is 0.407 e. The number of carbonyl (C=O) groups is 6. The van der Waals surface area contributed by atoms with Gasteiger partial charge < -0.3 is 20.1 Å². The average molecular weight is 673 g/mol. The van der Waals surface area contributed by atoms with Gasteiger partial charge in [-0.2, -0.15) is 0 Å². The second-order valence-corrected chi connectivity index (χ2v) is 12.4. The van der Waals surface area contributed by atoms with Crippen molar-refractivity contribution in [2.75, 3.05) is 13.1 Å². The molecule has 0 fully saturated rings. The minimum absolute atomic E-state index is 0.202. The van der Waals surface area contributed by atoms with Gasteiger partial charge in [0, 0.05) is 57.6 Å². The van der Waals surface area contributed by atoms with E-state index in [1.165, 1.54) is 0 Å². The van der Waals surface area contributed by atoms with Crippen LogP contribution in [0.3, 0.4) is 0 Å². The third-order valence-corrected chi connectivity index (χ3v) is 9.05. The van der Waals surface area contributed by atoms with Crippen molar-refractivity contribution in [2.24, 2.45) is 0 Å². The lowest BCUT2D eigenvalue weighted by Gasteiger charge is -2.20. The molecule has 0 saturated heterocycles. The van der Waals surface area contributed by atoms with Crippen molar-refractivity contribution < 1.29 is 38.2 Å². The van der Waals surface area contributed by atoms with Crippen molar-refractivity contribution >= 4 is 35.3 Å². The molecule has 0 bridgehead atoms. The van der Waals surface area contributed by atoms with Gasteiger partial charge in [0.25, 0.3) is 0 Å². The van der Waals surface area contributed by atoms with Gasteiger partial charge in [-0.3, -0.25) is 19.2 Å². The number of nitrogens with one attached hydrogen (secondary N) is 2. The monoisotopic (exact) mass is 672 g/mol. The van der Waals surface area contributed by atoms with E-state index in [2.05, 4.69) is 10.6 Å². The SMILES string of the molecule is CC(OC(=O)NCCCCCCNC(=O)OC(C)c1ccc2c(c1)C(=O)c1ccccc1C2=O)c1ccc2c(c1)C(=O)c1ccccc1C2=O. The summed E-state index contributed by atoms with van der Waals surface area (Å²) in [5, 5.41) is 5.48. The molecule has 2 N–H and O–H groups in total. The van der Waals surface area contributed by atoms with E-state index < -0.39 is 24.4 Å². The van der Waals surface area contributed by atoms with E-state index in [1.54, 1.807) is 98.8 Å². The number of amides is 2.